The maximum absolute atomic E-state index is 11.8. The summed E-state index contributed by atoms with van der Waals surface area (Å²) in [5, 5.41) is 11.5. The highest BCUT2D eigenvalue weighted by molar-refractivity contribution is 5.89. The number of rotatable bonds is 5. The zero-order valence-electron chi connectivity index (χ0n) is 10.2. The zero-order valence-corrected chi connectivity index (χ0v) is 10.2. The van der Waals surface area contributed by atoms with Gasteiger partial charge in [-0.15, -0.1) is 0 Å². The molecule has 1 N–H and O–H groups in total. The molecule has 0 aliphatic heterocycles. The zero-order chi connectivity index (χ0) is 12.8. The minimum absolute atomic E-state index is 0.416. The number of amides is 1. The second kappa shape index (κ2) is 6.11. The third-order valence-electron chi connectivity index (χ3n) is 2.76. The molecule has 0 aromatic heterocycles. The van der Waals surface area contributed by atoms with Gasteiger partial charge in [0.05, 0.1) is 13.2 Å². The summed E-state index contributed by atoms with van der Waals surface area (Å²) in [7, 11) is 1.25. The lowest BCUT2D eigenvalue weighted by Crippen LogP contribution is -2.46. The van der Waals surface area contributed by atoms with Gasteiger partial charge in [-0.1, -0.05) is 13.8 Å². The number of methoxy groups -OCH3 is 1. The van der Waals surface area contributed by atoms with Crippen LogP contribution in [0.1, 0.15) is 33.6 Å². The molecule has 0 saturated heterocycles. The fourth-order valence-electron chi connectivity index (χ4n) is 1.35. The topological polar surface area (TPSA) is 79.2 Å². The van der Waals surface area contributed by atoms with Gasteiger partial charge >= 0.3 is 5.97 Å². The highest BCUT2D eigenvalue weighted by Gasteiger charge is 2.36. The van der Waals surface area contributed by atoms with Gasteiger partial charge < -0.3 is 10.1 Å². The standard InChI is InChI=1S/C11H18N2O3/c1-5-11(6-2,7-12)10(15)13-8(3)9(14)16-4/h8H,5-6H2,1-4H3,(H,13,15). The summed E-state index contributed by atoms with van der Waals surface area (Å²) in [6.45, 7) is 5.07. The Morgan fingerprint density at radius 1 is 1.44 bits per heavy atom. The first-order valence-electron chi connectivity index (χ1n) is 5.27. The molecule has 0 heterocycles. The predicted molar refractivity (Wildman–Crippen MR) is 58.2 cm³/mol. The summed E-state index contributed by atoms with van der Waals surface area (Å²) in [6.07, 6.45) is 0.833. The number of hydrogen-bond acceptors (Lipinski definition) is 4. The number of esters is 1. The van der Waals surface area contributed by atoms with Gasteiger partial charge in [0.15, 0.2) is 0 Å². The molecule has 0 bridgehead atoms. The average molecular weight is 226 g/mol. The minimum atomic E-state index is -1.05. The summed E-state index contributed by atoms with van der Waals surface area (Å²) >= 11 is 0. The molecule has 1 unspecified atom stereocenters. The average Bonchev–Trinajstić information content (AvgIpc) is 2.30. The maximum atomic E-state index is 11.8. The smallest absolute Gasteiger partial charge is 0.328 e. The monoisotopic (exact) mass is 226 g/mol. The molecule has 0 aromatic rings. The van der Waals surface area contributed by atoms with Crippen LogP contribution in [0.15, 0.2) is 0 Å². The summed E-state index contributed by atoms with van der Waals surface area (Å²) in [4.78, 5) is 23.0. The molecule has 5 nitrogen and oxygen atoms in total. The van der Waals surface area contributed by atoms with Gasteiger partial charge in [-0.3, -0.25) is 4.79 Å². The third kappa shape index (κ3) is 2.96. The minimum Gasteiger partial charge on any atom is -0.467 e. The Bertz CT molecular complexity index is 303. The van der Waals surface area contributed by atoms with E-state index in [1.807, 2.05) is 6.07 Å². The molecule has 1 atom stereocenters. The van der Waals surface area contributed by atoms with Crippen LogP contribution in [-0.4, -0.2) is 25.0 Å². The first kappa shape index (κ1) is 14.4. The van der Waals surface area contributed by atoms with Crippen molar-refractivity contribution in [3.8, 4) is 6.07 Å². The van der Waals surface area contributed by atoms with Crippen LogP contribution in [0.3, 0.4) is 0 Å². The molecule has 1 amide bonds. The van der Waals surface area contributed by atoms with E-state index in [-0.39, 0.29) is 0 Å². The fourth-order valence-corrected chi connectivity index (χ4v) is 1.35. The van der Waals surface area contributed by atoms with E-state index in [1.165, 1.54) is 14.0 Å². The second-order valence-corrected chi connectivity index (χ2v) is 3.62. The van der Waals surface area contributed by atoms with Gasteiger partial charge in [0.2, 0.25) is 5.91 Å². The van der Waals surface area contributed by atoms with Crippen LogP contribution in [0.25, 0.3) is 0 Å². The van der Waals surface area contributed by atoms with Gasteiger partial charge in [-0.05, 0) is 19.8 Å². The molecular formula is C11H18N2O3. The Morgan fingerprint density at radius 3 is 2.25 bits per heavy atom. The van der Waals surface area contributed by atoms with Crippen molar-refractivity contribution in [1.82, 2.24) is 5.32 Å². The Hall–Kier alpha value is -1.57. The van der Waals surface area contributed by atoms with Crippen molar-refractivity contribution in [3.05, 3.63) is 0 Å². The molecule has 0 aromatic carbocycles. The van der Waals surface area contributed by atoms with E-state index < -0.39 is 23.3 Å². The Kier molecular flexibility index (Phi) is 5.51. The van der Waals surface area contributed by atoms with Crippen LogP contribution in [-0.2, 0) is 14.3 Å². The van der Waals surface area contributed by atoms with Crippen LogP contribution in [0.2, 0.25) is 0 Å². The number of carbonyl (C=O) groups excluding carboxylic acids is 2. The van der Waals surface area contributed by atoms with Crippen LogP contribution in [0.4, 0.5) is 0 Å². The predicted octanol–water partition coefficient (Wildman–Crippen LogP) is 0.994. The molecule has 5 heteroatoms. The quantitative estimate of drug-likeness (QED) is 0.709. The molecular weight excluding hydrogens is 208 g/mol. The SMILES string of the molecule is CCC(C#N)(CC)C(=O)NC(C)C(=O)OC. The second-order valence-electron chi connectivity index (χ2n) is 3.62. The van der Waals surface area contributed by atoms with Gasteiger partial charge in [-0.2, -0.15) is 5.26 Å². The number of carbonyl (C=O) groups is 2. The Balaban J connectivity index is 4.68. The summed E-state index contributed by atoms with van der Waals surface area (Å²) < 4.78 is 4.49. The van der Waals surface area contributed by atoms with Crippen molar-refractivity contribution in [1.29, 1.82) is 5.26 Å². The van der Waals surface area contributed by atoms with Crippen molar-refractivity contribution < 1.29 is 14.3 Å². The van der Waals surface area contributed by atoms with E-state index in [0.717, 1.165) is 0 Å². The van der Waals surface area contributed by atoms with E-state index in [2.05, 4.69) is 10.1 Å². The normalized spacial score (nSPS) is 12.4. The van der Waals surface area contributed by atoms with Crippen LogP contribution in [0.5, 0.6) is 0 Å². The van der Waals surface area contributed by atoms with E-state index in [4.69, 9.17) is 5.26 Å². The molecule has 0 spiro atoms. The molecule has 90 valence electrons. The lowest BCUT2D eigenvalue weighted by atomic mass is 9.83. The first-order chi connectivity index (χ1) is 7.47. The van der Waals surface area contributed by atoms with E-state index in [1.54, 1.807) is 13.8 Å². The number of hydrogen-bond donors (Lipinski definition) is 1. The van der Waals surface area contributed by atoms with Gasteiger partial charge in [0.1, 0.15) is 11.5 Å². The highest BCUT2D eigenvalue weighted by Crippen LogP contribution is 2.25. The first-order valence-corrected chi connectivity index (χ1v) is 5.27. The van der Waals surface area contributed by atoms with Crippen LogP contribution < -0.4 is 5.32 Å². The fraction of sp³-hybridized carbons (Fsp3) is 0.727. The molecule has 0 aliphatic carbocycles. The number of ether oxygens (including phenoxy) is 1. The summed E-state index contributed by atoms with van der Waals surface area (Å²) in [5.74, 6) is -0.940. The largest absolute Gasteiger partial charge is 0.467 e. The lowest BCUT2D eigenvalue weighted by molar-refractivity contribution is -0.145. The summed E-state index contributed by atoms with van der Waals surface area (Å²) in [6, 6.07) is 1.28. The van der Waals surface area contributed by atoms with Crippen molar-refractivity contribution in [2.24, 2.45) is 5.41 Å². The van der Waals surface area contributed by atoms with Crippen LogP contribution in [0, 0.1) is 16.7 Å². The summed E-state index contributed by atoms with van der Waals surface area (Å²) in [5.41, 5.74) is -1.05. The van der Waals surface area contributed by atoms with Crippen molar-refractivity contribution >= 4 is 11.9 Å². The number of nitrogens with zero attached hydrogens (tertiary/aromatic N) is 1. The molecule has 0 radical (unpaired) electrons. The highest BCUT2D eigenvalue weighted by atomic mass is 16.5. The van der Waals surface area contributed by atoms with Gasteiger partial charge in [-0.25, -0.2) is 4.79 Å². The Labute approximate surface area is 95.8 Å². The van der Waals surface area contributed by atoms with E-state index >= 15 is 0 Å². The third-order valence-corrected chi connectivity index (χ3v) is 2.76. The lowest BCUT2D eigenvalue weighted by Gasteiger charge is -2.23. The number of nitriles is 1. The molecule has 0 aliphatic rings. The van der Waals surface area contributed by atoms with Crippen LogP contribution >= 0.6 is 0 Å². The molecule has 0 rings (SSSR count). The van der Waals surface area contributed by atoms with Gasteiger partial charge in [0.25, 0.3) is 0 Å². The Morgan fingerprint density at radius 2 is 1.94 bits per heavy atom. The molecule has 16 heavy (non-hydrogen) atoms. The van der Waals surface area contributed by atoms with E-state index in [0.29, 0.717) is 12.8 Å². The van der Waals surface area contributed by atoms with Gasteiger partial charge in [0, 0.05) is 0 Å². The van der Waals surface area contributed by atoms with Crippen molar-refractivity contribution in [2.45, 2.75) is 39.7 Å². The van der Waals surface area contributed by atoms with E-state index in [9.17, 15) is 9.59 Å². The molecule has 0 fully saturated rings. The number of nitrogens with one attached hydrogen (secondary N) is 1. The molecule has 0 saturated carbocycles. The van der Waals surface area contributed by atoms with Crippen molar-refractivity contribution in [3.63, 3.8) is 0 Å². The maximum Gasteiger partial charge on any atom is 0.328 e. The van der Waals surface area contributed by atoms with Crippen molar-refractivity contribution in [2.75, 3.05) is 7.11 Å².